The summed E-state index contributed by atoms with van der Waals surface area (Å²) in [6.07, 6.45) is 6.30. The van der Waals surface area contributed by atoms with Gasteiger partial charge >= 0.3 is 0 Å². The molecule has 0 saturated carbocycles. The van der Waals surface area contributed by atoms with Gasteiger partial charge in [0, 0.05) is 24.7 Å². The number of hydrogen-bond acceptors (Lipinski definition) is 3. The number of pyridine rings is 1. The summed E-state index contributed by atoms with van der Waals surface area (Å²) in [5.74, 6) is 0.0366. The van der Waals surface area contributed by atoms with Crippen LogP contribution in [0.15, 0.2) is 42.6 Å². The van der Waals surface area contributed by atoms with Crippen molar-refractivity contribution in [1.82, 2.24) is 9.88 Å². The van der Waals surface area contributed by atoms with Crippen molar-refractivity contribution in [2.45, 2.75) is 32.2 Å². The Morgan fingerprint density at radius 3 is 2.50 bits per heavy atom. The average molecular weight is 344 g/mol. The fourth-order valence-corrected chi connectivity index (χ4v) is 3.10. The molecule has 0 aliphatic carbocycles. The van der Waals surface area contributed by atoms with Gasteiger partial charge in [-0.15, -0.1) is 0 Å². The number of anilines is 1. The van der Waals surface area contributed by atoms with Gasteiger partial charge in [0.05, 0.1) is 11.9 Å². The second-order valence-corrected chi connectivity index (χ2v) is 6.49. The van der Waals surface area contributed by atoms with E-state index >= 15 is 0 Å². The highest BCUT2D eigenvalue weighted by Gasteiger charge is 2.18. The van der Waals surface area contributed by atoms with Crippen LogP contribution in [0.3, 0.4) is 0 Å². The summed E-state index contributed by atoms with van der Waals surface area (Å²) in [5, 5.41) is 4.03. The Morgan fingerprint density at radius 1 is 1.08 bits per heavy atom. The SMILES string of the molecule is O=C(c1ccc(NCc2ccccc2Cl)cn1)N1CCCCCC1. The maximum atomic E-state index is 12.5. The summed E-state index contributed by atoms with van der Waals surface area (Å²) in [5.41, 5.74) is 2.42. The largest absolute Gasteiger partial charge is 0.380 e. The summed E-state index contributed by atoms with van der Waals surface area (Å²) in [6, 6.07) is 11.4. The minimum Gasteiger partial charge on any atom is -0.380 e. The molecule has 1 aliphatic heterocycles. The number of halogens is 1. The first-order chi connectivity index (χ1) is 11.7. The molecule has 1 fully saturated rings. The second-order valence-electron chi connectivity index (χ2n) is 6.08. The zero-order valence-electron chi connectivity index (χ0n) is 13.7. The van der Waals surface area contributed by atoms with Crippen molar-refractivity contribution >= 4 is 23.2 Å². The third kappa shape index (κ3) is 4.26. The van der Waals surface area contributed by atoms with Crippen LogP contribution in [-0.2, 0) is 6.54 Å². The van der Waals surface area contributed by atoms with Gasteiger partial charge in [-0.25, -0.2) is 4.98 Å². The summed E-state index contributed by atoms with van der Waals surface area (Å²) in [6.45, 7) is 2.31. The van der Waals surface area contributed by atoms with Crippen LogP contribution in [0.5, 0.6) is 0 Å². The van der Waals surface area contributed by atoms with Gasteiger partial charge in [0.2, 0.25) is 0 Å². The number of likely N-dealkylation sites (tertiary alicyclic amines) is 1. The molecule has 1 amide bonds. The van der Waals surface area contributed by atoms with Crippen LogP contribution in [0.1, 0.15) is 41.7 Å². The molecule has 1 aromatic heterocycles. The van der Waals surface area contributed by atoms with E-state index in [0.717, 1.165) is 42.2 Å². The Bertz CT molecular complexity index is 679. The highest BCUT2D eigenvalue weighted by Crippen LogP contribution is 2.17. The molecule has 0 bridgehead atoms. The first kappa shape index (κ1) is 16.8. The fourth-order valence-electron chi connectivity index (χ4n) is 2.90. The van der Waals surface area contributed by atoms with Crippen molar-refractivity contribution in [2.75, 3.05) is 18.4 Å². The van der Waals surface area contributed by atoms with Crippen LogP contribution >= 0.6 is 11.6 Å². The Balaban J connectivity index is 1.60. The molecule has 0 spiro atoms. The first-order valence-corrected chi connectivity index (χ1v) is 8.84. The highest BCUT2D eigenvalue weighted by atomic mass is 35.5. The summed E-state index contributed by atoms with van der Waals surface area (Å²) < 4.78 is 0. The summed E-state index contributed by atoms with van der Waals surface area (Å²) >= 11 is 6.15. The van der Waals surface area contributed by atoms with Crippen molar-refractivity contribution in [3.05, 3.63) is 58.9 Å². The second kappa shape index (κ2) is 8.15. The van der Waals surface area contributed by atoms with Crippen molar-refractivity contribution in [3.63, 3.8) is 0 Å². The van der Waals surface area contributed by atoms with Crippen molar-refractivity contribution in [2.24, 2.45) is 0 Å². The zero-order chi connectivity index (χ0) is 16.8. The van der Waals surface area contributed by atoms with Crippen LogP contribution in [0.2, 0.25) is 5.02 Å². The van der Waals surface area contributed by atoms with Crippen LogP contribution in [0.4, 0.5) is 5.69 Å². The van der Waals surface area contributed by atoms with Crippen LogP contribution < -0.4 is 5.32 Å². The smallest absolute Gasteiger partial charge is 0.272 e. The Kier molecular flexibility index (Phi) is 5.70. The molecular weight excluding hydrogens is 322 g/mol. The van der Waals surface area contributed by atoms with Gasteiger partial charge in [0.1, 0.15) is 5.69 Å². The number of aromatic nitrogens is 1. The molecular formula is C19H22ClN3O. The number of nitrogens with one attached hydrogen (secondary N) is 1. The lowest BCUT2D eigenvalue weighted by Gasteiger charge is -2.19. The minimum absolute atomic E-state index is 0.0366. The zero-order valence-corrected chi connectivity index (χ0v) is 14.4. The van der Waals surface area contributed by atoms with Gasteiger partial charge in [-0.3, -0.25) is 4.79 Å². The summed E-state index contributed by atoms with van der Waals surface area (Å²) in [4.78, 5) is 18.8. The van der Waals surface area contributed by atoms with Crippen molar-refractivity contribution in [1.29, 1.82) is 0 Å². The van der Waals surface area contributed by atoms with E-state index in [1.807, 2.05) is 35.2 Å². The quantitative estimate of drug-likeness (QED) is 0.896. The predicted molar refractivity (Wildman–Crippen MR) is 97.4 cm³/mol. The molecule has 1 saturated heterocycles. The highest BCUT2D eigenvalue weighted by molar-refractivity contribution is 6.31. The molecule has 1 N–H and O–H groups in total. The fraction of sp³-hybridized carbons (Fsp3) is 0.368. The normalized spacial score (nSPS) is 15.0. The Hall–Kier alpha value is -2.07. The van der Waals surface area contributed by atoms with Gasteiger partial charge in [-0.2, -0.15) is 0 Å². The molecule has 0 radical (unpaired) electrons. The minimum atomic E-state index is 0.0366. The molecule has 1 aromatic carbocycles. The molecule has 3 rings (SSSR count). The molecule has 2 heterocycles. The van der Waals surface area contributed by atoms with Gasteiger partial charge < -0.3 is 10.2 Å². The Morgan fingerprint density at radius 2 is 1.83 bits per heavy atom. The standard InChI is InChI=1S/C19H22ClN3O/c20-17-8-4-3-7-15(17)13-21-16-9-10-18(22-14-16)19(24)23-11-5-1-2-6-12-23/h3-4,7-10,14,21H,1-2,5-6,11-13H2. The maximum absolute atomic E-state index is 12.5. The molecule has 0 atom stereocenters. The maximum Gasteiger partial charge on any atom is 0.272 e. The molecule has 24 heavy (non-hydrogen) atoms. The van der Waals surface area contributed by atoms with E-state index in [1.54, 1.807) is 12.3 Å². The molecule has 4 nitrogen and oxygen atoms in total. The monoisotopic (exact) mass is 343 g/mol. The number of amides is 1. The molecule has 5 heteroatoms. The van der Waals surface area contributed by atoms with Gasteiger partial charge in [-0.1, -0.05) is 42.6 Å². The van der Waals surface area contributed by atoms with Crippen molar-refractivity contribution in [3.8, 4) is 0 Å². The van der Waals surface area contributed by atoms with Gasteiger partial charge in [-0.05, 0) is 36.6 Å². The first-order valence-electron chi connectivity index (χ1n) is 8.46. The van der Waals surface area contributed by atoms with Crippen molar-refractivity contribution < 1.29 is 4.79 Å². The lowest BCUT2D eigenvalue weighted by atomic mass is 10.2. The lowest BCUT2D eigenvalue weighted by molar-refractivity contribution is 0.0756. The third-order valence-corrected chi connectivity index (χ3v) is 4.69. The van der Waals surface area contributed by atoms with E-state index in [4.69, 9.17) is 11.6 Å². The molecule has 0 unspecified atom stereocenters. The van der Waals surface area contributed by atoms with Gasteiger partial charge in [0.25, 0.3) is 5.91 Å². The number of carbonyl (C=O) groups excluding carboxylic acids is 1. The van der Waals surface area contributed by atoms with E-state index in [0.29, 0.717) is 12.2 Å². The van der Waals surface area contributed by atoms with E-state index in [1.165, 1.54) is 12.8 Å². The number of rotatable bonds is 4. The van der Waals surface area contributed by atoms with Crippen LogP contribution in [0.25, 0.3) is 0 Å². The van der Waals surface area contributed by atoms with Crippen LogP contribution in [-0.4, -0.2) is 28.9 Å². The number of benzene rings is 1. The number of nitrogens with zero attached hydrogens (tertiary/aromatic N) is 2. The average Bonchev–Trinajstić information content (AvgIpc) is 2.90. The van der Waals surface area contributed by atoms with E-state index in [-0.39, 0.29) is 5.91 Å². The molecule has 2 aromatic rings. The Labute approximate surface area is 147 Å². The third-order valence-electron chi connectivity index (χ3n) is 4.32. The molecule has 1 aliphatic rings. The number of hydrogen-bond donors (Lipinski definition) is 1. The van der Waals surface area contributed by atoms with E-state index in [9.17, 15) is 4.79 Å². The van der Waals surface area contributed by atoms with E-state index in [2.05, 4.69) is 10.3 Å². The molecule has 126 valence electrons. The predicted octanol–water partition coefficient (Wildman–Crippen LogP) is 4.36. The lowest BCUT2D eigenvalue weighted by Crippen LogP contribution is -2.32. The van der Waals surface area contributed by atoms with Crippen LogP contribution in [0, 0.1) is 0 Å². The summed E-state index contributed by atoms with van der Waals surface area (Å²) in [7, 11) is 0. The van der Waals surface area contributed by atoms with E-state index < -0.39 is 0 Å². The number of carbonyl (C=O) groups is 1. The van der Waals surface area contributed by atoms with Gasteiger partial charge in [0.15, 0.2) is 0 Å². The topological polar surface area (TPSA) is 45.2 Å².